The van der Waals surface area contributed by atoms with Crippen LogP contribution < -0.4 is 14.4 Å². The van der Waals surface area contributed by atoms with Gasteiger partial charge < -0.3 is 9.64 Å². The number of nitrogens with zero attached hydrogens (tertiary/aromatic N) is 1. The second-order valence-electron chi connectivity index (χ2n) is 7.09. The van der Waals surface area contributed by atoms with Gasteiger partial charge in [0.15, 0.2) is 0 Å². The van der Waals surface area contributed by atoms with Gasteiger partial charge in [-0.05, 0) is 61.2 Å². The van der Waals surface area contributed by atoms with Gasteiger partial charge in [0.1, 0.15) is 5.75 Å². The van der Waals surface area contributed by atoms with Crippen LogP contribution in [0.2, 0.25) is 0 Å². The van der Waals surface area contributed by atoms with E-state index in [0.29, 0.717) is 12.8 Å². The number of nitrogens with one attached hydrogen (secondary N) is 1. The van der Waals surface area contributed by atoms with E-state index in [4.69, 9.17) is 4.74 Å². The van der Waals surface area contributed by atoms with Gasteiger partial charge in [-0.25, -0.2) is 13.1 Å². The second-order valence-corrected chi connectivity index (χ2v) is 8.80. The summed E-state index contributed by atoms with van der Waals surface area (Å²) < 4.78 is 33.9. The summed E-state index contributed by atoms with van der Waals surface area (Å²) in [4.78, 5) is 13.8. The number of hydrogen-bond acceptors (Lipinski definition) is 4. The first kappa shape index (κ1) is 20.4. The van der Waals surface area contributed by atoms with Crippen molar-refractivity contribution in [2.24, 2.45) is 0 Å². The lowest BCUT2D eigenvalue weighted by atomic mass is 10.1. The minimum atomic E-state index is -3.70. The predicted molar refractivity (Wildman–Crippen MR) is 109 cm³/mol. The summed E-state index contributed by atoms with van der Waals surface area (Å²) in [7, 11) is -2.10. The van der Waals surface area contributed by atoms with Crippen molar-refractivity contribution in [2.45, 2.75) is 50.6 Å². The number of carbonyl (C=O) groups excluding carboxylic acids is 1. The van der Waals surface area contributed by atoms with Gasteiger partial charge in [-0.3, -0.25) is 4.79 Å². The summed E-state index contributed by atoms with van der Waals surface area (Å²) in [5.74, 6) is 0.690. The molecule has 0 saturated carbocycles. The second kappa shape index (κ2) is 7.93. The van der Waals surface area contributed by atoms with Crippen LogP contribution in [-0.4, -0.2) is 27.5 Å². The Balaban J connectivity index is 1.86. The highest BCUT2D eigenvalue weighted by atomic mass is 32.2. The smallest absolute Gasteiger partial charge is 0.241 e. The molecule has 0 aliphatic carbocycles. The van der Waals surface area contributed by atoms with Gasteiger partial charge in [0.2, 0.25) is 15.9 Å². The van der Waals surface area contributed by atoms with Gasteiger partial charge in [-0.1, -0.05) is 19.1 Å². The third-order valence-electron chi connectivity index (χ3n) is 5.14. The Morgan fingerprint density at radius 2 is 1.93 bits per heavy atom. The number of benzene rings is 2. The van der Waals surface area contributed by atoms with Gasteiger partial charge >= 0.3 is 0 Å². The molecular weight excluding hydrogens is 376 g/mol. The van der Waals surface area contributed by atoms with E-state index in [1.54, 1.807) is 30.2 Å². The minimum absolute atomic E-state index is 0.0288. The molecule has 2 aromatic carbocycles. The monoisotopic (exact) mass is 402 g/mol. The van der Waals surface area contributed by atoms with Crippen molar-refractivity contribution in [1.29, 1.82) is 0 Å². The molecule has 1 N–H and O–H groups in total. The van der Waals surface area contributed by atoms with E-state index in [9.17, 15) is 13.2 Å². The molecule has 0 bridgehead atoms. The molecule has 1 aliphatic rings. The number of hydrogen-bond donors (Lipinski definition) is 1. The number of anilines is 1. The van der Waals surface area contributed by atoms with Crippen LogP contribution in [0.1, 0.15) is 44.4 Å². The molecule has 6 nitrogen and oxygen atoms in total. The predicted octanol–water partition coefficient (Wildman–Crippen LogP) is 3.42. The van der Waals surface area contributed by atoms with Gasteiger partial charge in [-0.2, -0.15) is 0 Å². The molecule has 28 heavy (non-hydrogen) atoms. The van der Waals surface area contributed by atoms with Crippen molar-refractivity contribution in [2.75, 3.05) is 12.0 Å². The van der Waals surface area contributed by atoms with Crippen LogP contribution in [0, 0.1) is 0 Å². The third kappa shape index (κ3) is 3.91. The molecule has 7 heteroatoms. The van der Waals surface area contributed by atoms with Crippen LogP contribution in [-0.2, 0) is 21.2 Å². The fraction of sp³-hybridized carbons (Fsp3) is 0.381. The summed E-state index contributed by atoms with van der Waals surface area (Å²) in [6.45, 7) is 5.43. The SMILES string of the molecule is CCC(NS(=O)(=O)c1ccc2c(c1)CC(C)N2C(C)=O)c1ccc(OC)cc1. The van der Waals surface area contributed by atoms with Crippen molar-refractivity contribution in [3.63, 3.8) is 0 Å². The topological polar surface area (TPSA) is 75.7 Å². The Labute approximate surface area is 166 Å². The van der Waals surface area contributed by atoms with Crippen LogP contribution in [0.4, 0.5) is 5.69 Å². The molecule has 2 unspecified atom stereocenters. The average molecular weight is 403 g/mol. The number of carbonyl (C=O) groups is 1. The molecule has 0 saturated heterocycles. The molecule has 150 valence electrons. The quantitative estimate of drug-likeness (QED) is 0.803. The Bertz CT molecular complexity index is 970. The lowest BCUT2D eigenvalue weighted by Gasteiger charge is -2.21. The van der Waals surface area contributed by atoms with Crippen LogP contribution in [0.25, 0.3) is 0 Å². The Morgan fingerprint density at radius 1 is 1.25 bits per heavy atom. The summed E-state index contributed by atoms with van der Waals surface area (Å²) in [6, 6.07) is 12.0. The summed E-state index contributed by atoms with van der Waals surface area (Å²) in [6.07, 6.45) is 1.26. The van der Waals surface area contributed by atoms with Crippen LogP contribution >= 0.6 is 0 Å². The Kier molecular flexibility index (Phi) is 5.76. The molecule has 0 spiro atoms. The fourth-order valence-corrected chi connectivity index (χ4v) is 5.09. The van der Waals surface area contributed by atoms with E-state index in [0.717, 1.165) is 22.6 Å². The van der Waals surface area contributed by atoms with E-state index in [2.05, 4.69) is 4.72 Å². The van der Waals surface area contributed by atoms with Crippen LogP contribution in [0.5, 0.6) is 5.75 Å². The van der Waals surface area contributed by atoms with Crippen LogP contribution in [0.15, 0.2) is 47.4 Å². The summed E-state index contributed by atoms with van der Waals surface area (Å²) in [5, 5.41) is 0. The number of ether oxygens (including phenoxy) is 1. The largest absolute Gasteiger partial charge is 0.497 e. The molecule has 2 aromatic rings. The van der Waals surface area contributed by atoms with Crippen LogP contribution in [0.3, 0.4) is 0 Å². The summed E-state index contributed by atoms with van der Waals surface area (Å²) >= 11 is 0. The van der Waals surface area contributed by atoms with Gasteiger partial charge in [0, 0.05) is 24.7 Å². The highest BCUT2D eigenvalue weighted by Crippen LogP contribution is 2.34. The molecule has 0 aromatic heterocycles. The van der Waals surface area contributed by atoms with E-state index < -0.39 is 10.0 Å². The molecule has 3 rings (SSSR count). The summed E-state index contributed by atoms with van der Waals surface area (Å²) in [5.41, 5.74) is 2.55. The van der Waals surface area contributed by atoms with Crippen molar-refractivity contribution in [3.8, 4) is 5.75 Å². The first-order chi connectivity index (χ1) is 13.3. The number of sulfonamides is 1. The molecule has 0 fully saturated rings. The van der Waals surface area contributed by atoms with Gasteiger partial charge in [0.25, 0.3) is 0 Å². The van der Waals surface area contributed by atoms with E-state index in [1.807, 2.05) is 38.1 Å². The normalized spacial score (nSPS) is 17.3. The van der Waals surface area contributed by atoms with Crippen molar-refractivity contribution in [1.82, 2.24) is 4.72 Å². The minimum Gasteiger partial charge on any atom is -0.497 e. The first-order valence-electron chi connectivity index (χ1n) is 9.35. The molecule has 0 radical (unpaired) electrons. The van der Waals surface area contributed by atoms with Crippen molar-refractivity contribution >= 4 is 21.6 Å². The number of methoxy groups -OCH3 is 1. The van der Waals surface area contributed by atoms with E-state index >= 15 is 0 Å². The Hall–Kier alpha value is -2.38. The number of amides is 1. The fourth-order valence-electron chi connectivity index (χ4n) is 3.73. The van der Waals surface area contributed by atoms with E-state index in [1.165, 1.54) is 6.92 Å². The molecule has 1 heterocycles. The lowest BCUT2D eigenvalue weighted by molar-refractivity contribution is -0.116. The van der Waals surface area contributed by atoms with E-state index in [-0.39, 0.29) is 22.9 Å². The zero-order valence-electron chi connectivity index (χ0n) is 16.6. The molecule has 1 amide bonds. The standard InChI is InChI=1S/C21H26N2O4S/c1-5-20(16-6-8-18(27-4)9-7-16)22-28(25,26)19-10-11-21-17(13-19)12-14(2)23(21)15(3)24/h6-11,13-14,20,22H,5,12H2,1-4H3. The zero-order valence-corrected chi connectivity index (χ0v) is 17.4. The average Bonchev–Trinajstić information content (AvgIpc) is 3.01. The van der Waals surface area contributed by atoms with Gasteiger partial charge in [-0.15, -0.1) is 0 Å². The van der Waals surface area contributed by atoms with Crippen molar-refractivity contribution in [3.05, 3.63) is 53.6 Å². The number of fused-ring (bicyclic) bond motifs is 1. The molecule has 1 aliphatic heterocycles. The lowest BCUT2D eigenvalue weighted by Crippen LogP contribution is -2.33. The third-order valence-corrected chi connectivity index (χ3v) is 6.61. The zero-order chi connectivity index (χ0) is 20.5. The molecular formula is C21H26N2O4S. The maximum atomic E-state index is 13.0. The number of rotatable bonds is 6. The maximum absolute atomic E-state index is 13.0. The maximum Gasteiger partial charge on any atom is 0.241 e. The van der Waals surface area contributed by atoms with Gasteiger partial charge in [0.05, 0.1) is 12.0 Å². The molecule has 2 atom stereocenters. The van der Waals surface area contributed by atoms with Crippen molar-refractivity contribution < 1.29 is 17.9 Å². The highest BCUT2D eigenvalue weighted by Gasteiger charge is 2.30. The first-order valence-corrected chi connectivity index (χ1v) is 10.8. The highest BCUT2D eigenvalue weighted by molar-refractivity contribution is 7.89. The Morgan fingerprint density at radius 3 is 2.50 bits per heavy atom.